The van der Waals surface area contributed by atoms with Crippen molar-refractivity contribution in [3.8, 4) is 11.5 Å². The highest BCUT2D eigenvalue weighted by atomic mass is 35.5. The van der Waals surface area contributed by atoms with Crippen LogP contribution < -0.4 is 10.1 Å². The smallest absolute Gasteiger partial charge is 0.127 e. The molecule has 1 atom stereocenters. The van der Waals surface area contributed by atoms with E-state index in [0.29, 0.717) is 6.04 Å². The third kappa shape index (κ3) is 5.87. The molecule has 2 aliphatic rings. The number of ether oxygens (including phenoxy) is 1. The third-order valence-corrected chi connectivity index (χ3v) is 5.84. The quantitative estimate of drug-likeness (QED) is 0.653. The summed E-state index contributed by atoms with van der Waals surface area (Å²) in [5.41, 5.74) is 1.46. The maximum atomic E-state index is 5.98. The summed E-state index contributed by atoms with van der Waals surface area (Å²) in [5, 5.41) is 3.50. The van der Waals surface area contributed by atoms with Gasteiger partial charge in [-0.15, -0.1) is 24.8 Å². The minimum atomic E-state index is 0. The zero-order valence-corrected chi connectivity index (χ0v) is 18.0. The van der Waals surface area contributed by atoms with Crippen molar-refractivity contribution in [2.45, 2.75) is 38.1 Å². The number of piperazine rings is 1. The highest BCUT2D eigenvalue weighted by Crippen LogP contribution is 2.39. The number of hydrogen-bond donors (Lipinski definition) is 1. The highest BCUT2D eigenvalue weighted by Gasteiger charge is 2.30. The van der Waals surface area contributed by atoms with E-state index in [1.165, 1.54) is 37.7 Å². The first-order valence-electron chi connectivity index (χ1n) is 10.2. The van der Waals surface area contributed by atoms with Crippen molar-refractivity contribution in [3.05, 3.63) is 60.2 Å². The van der Waals surface area contributed by atoms with Crippen LogP contribution in [0.5, 0.6) is 11.5 Å². The number of benzene rings is 2. The van der Waals surface area contributed by atoms with Gasteiger partial charge in [-0.3, -0.25) is 4.90 Å². The van der Waals surface area contributed by atoms with Gasteiger partial charge in [-0.05, 0) is 48.6 Å². The molecule has 0 radical (unpaired) electrons. The molecule has 1 aliphatic heterocycles. The van der Waals surface area contributed by atoms with Gasteiger partial charge < -0.3 is 10.1 Å². The van der Waals surface area contributed by atoms with Crippen molar-refractivity contribution in [1.82, 2.24) is 10.2 Å². The first kappa shape index (κ1) is 23.0. The van der Waals surface area contributed by atoms with Crippen LogP contribution in [0.25, 0.3) is 0 Å². The number of hydrogen-bond acceptors (Lipinski definition) is 3. The number of rotatable bonds is 5. The minimum Gasteiger partial charge on any atom is -0.457 e. The Balaban J connectivity index is 0.00000140. The van der Waals surface area contributed by atoms with Gasteiger partial charge in [0.1, 0.15) is 11.5 Å². The Kier molecular flexibility index (Phi) is 9.60. The molecule has 2 aromatic rings. The van der Waals surface area contributed by atoms with Crippen LogP contribution in [0, 0.1) is 5.92 Å². The Hall–Kier alpha value is -1.26. The predicted molar refractivity (Wildman–Crippen MR) is 121 cm³/mol. The van der Waals surface area contributed by atoms with Crippen molar-refractivity contribution in [2.75, 3.05) is 26.2 Å². The van der Waals surface area contributed by atoms with Crippen LogP contribution in [0.2, 0.25) is 0 Å². The van der Waals surface area contributed by atoms with Crippen LogP contribution in [0.1, 0.15) is 43.7 Å². The molecule has 5 heteroatoms. The Bertz CT molecular complexity index is 651. The maximum Gasteiger partial charge on any atom is 0.127 e. The third-order valence-electron chi connectivity index (χ3n) is 5.84. The molecular formula is C23H32Cl2N2O. The Morgan fingerprint density at radius 3 is 2.04 bits per heavy atom. The number of nitrogens with one attached hydrogen (secondary N) is 1. The van der Waals surface area contributed by atoms with Gasteiger partial charge in [0.2, 0.25) is 0 Å². The van der Waals surface area contributed by atoms with E-state index in [2.05, 4.69) is 34.5 Å². The summed E-state index contributed by atoms with van der Waals surface area (Å²) in [7, 11) is 0. The molecule has 0 aromatic heterocycles. The standard InChI is InChI=1S/C23H30N2O.2ClH/c1-3-7-19(8-4-1)23(25-17-15-24-16-18-25)20-11-13-22(14-12-20)26-21-9-5-2-6-10-21;;/h2,5-6,9-14,19,23-24H,1,3-4,7-8,15-18H2;2*1H/t23-;;/m0../s1. The van der Waals surface area contributed by atoms with Crippen LogP contribution in [-0.2, 0) is 0 Å². The van der Waals surface area contributed by atoms with E-state index in [0.717, 1.165) is 43.6 Å². The molecule has 2 aromatic carbocycles. The maximum absolute atomic E-state index is 5.98. The summed E-state index contributed by atoms with van der Waals surface area (Å²) in [4.78, 5) is 2.71. The molecule has 1 N–H and O–H groups in total. The molecule has 0 amide bonds. The molecule has 1 saturated carbocycles. The Morgan fingerprint density at radius 1 is 0.786 bits per heavy atom. The first-order valence-corrected chi connectivity index (χ1v) is 10.2. The number of nitrogens with zero attached hydrogens (tertiary/aromatic N) is 1. The number of para-hydroxylation sites is 1. The molecule has 0 bridgehead atoms. The van der Waals surface area contributed by atoms with Gasteiger partial charge in [0.15, 0.2) is 0 Å². The molecule has 0 spiro atoms. The van der Waals surface area contributed by atoms with Gasteiger partial charge in [-0.2, -0.15) is 0 Å². The van der Waals surface area contributed by atoms with E-state index in [9.17, 15) is 0 Å². The first-order chi connectivity index (χ1) is 12.9. The van der Waals surface area contributed by atoms with Crippen molar-refractivity contribution in [3.63, 3.8) is 0 Å². The molecule has 1 heterocycles. The van der Waals surface area contributed by atoms with Crippen molar-refractivity contribution >= 4 is 24.8 Å². The van der Waals surface area contributed by atoms with Crippen LogP contribution in [0.15, 0.2) is 54.6 Å². The largest absolute Gasteiger partial charge is 0.457 e. The van der Waals surface area contributed by atoms with Crippen molar-refractivity contribution in [1.29, 1.82) is 0 Å². The van der Waals surface area contributed by atoms with E-state index >= 15 is 0 Å². The lowest BCUT2D eigenvalue weighted by molar-refractivity contribution is 0.103. The topological polar surface area (TPSA) is 24.5 Å². The van der Waals surface area contributed by atoms with Crippen molar-refractivity contribution in [2.24, 2.45) is 5.92 Å². The van der Waals surface area contributed by atoms with Gasteiger partial charge in [0.05, 0.1) is 0 Å². The summed E-state index contributed by atoms with van der Waals surface area (Å²) in [5.74, 6) is 2.61. The molecule has 28 heavy (non-hydrogen) atoms. The molecule has 0 unspecified atom stereocenters. The summed E-state index contributed by atoms with van der Waals surface area (Å²) < 4.78 is 5.98. The molecule has 3 nitrogen and oxygen atoms in total. The lowest BCUT2D eigenvalue weighted by Gasteiger charge is -2.41. The summed E-state index contributed by atoms with van der Waals surface area (Å²) in [6.07, 6.45) is 6.94. The average Bonchev–Trinajstić information content (AvgIpc) is 2.72. The van der Waals surface area contributed by atoms with Gasteiger partial charge in [-0.25, -0.2) is 0 Å². The van der Waals surface area contributed by atoms with E-state index < -0.39 is 0 Å². The van der Waals surface area contributed by atoms with Crippen LogP contribution in [0.4, 0.5) is 0 Å². The summed E-state index contributed by atoms with van der Waals surface area (Å²) in [6, 6.07) is 19.4. The SMILES string of the molecule is Cl.Cl.c1ccc(Oc2ccc([C@H](C3CCCCC3)N3CCNCC3)cc2)cc1. The predicted octanol–water partition coefficient (Wildman–Crippen LogP) is 5.85. The molecule has 1 aliphatic carbocycles. The second-order valence-electron chi connectivity index (χ2n) is 7.61. The van der Waals surface area contributed by atoms with Gasteiger partial charge in [0.25, 0.3) is 0 Å². The fraction of sp³-hybridized carbons (Fsp3) is 0.478. The fourth-order valence-corrected chi connectivity index (χ4v) is 4.55. The summed E-state index contributed by atoms with van der Waals surface area (Å²) in [6.45, 7) is 4.53. The van der Waals surface area contributed by atoms with E-state index in [4.69, 9.17) is 4.74 Å². The molecule has 2 fully saturated rings. The van der Waals surface area contributed by atoms with Gasteiger partial charge in [0, 0.05) is 32.2 Å². The fourth-order valence-electron chi connectivity index (χ4n) is 4.55. The monoisotopic (exact) mass is 422 g/mol. The van der Waals surface area contributed by atoms with Gasteiger partial charge >= 0.3 is 0 Å². The Labute approximate surface area is 181 Å². The molecule has 4 rings (SSSR count). The normalized spacial score (nSPS) is 19.1. The lowest BCUT2D eigenvalue weighted by atomic mass is 9.80. The molecule has 154 valence electrons. The minimum absolute atomic E-state index is 0. The average molecular weight is 423 g/mol. The zero-order valence-electron chi connectivity index (χ0n) is 16.4. The van der Waals surface area contributed by atoms with E-state index in [1.54, 1.807) is 0 Å². The highest BCUT2D eigenvalue weighted by molar-refractivity contribution is 5.85. The Morgan fingerprint density at radius 2 is 1.39 bits per heavy atom. The van der Waals surface area contributed by atoms with E-state index in [1.807, 2.05) is 30.3 Å². The second kappa shape index (κ2) is 11.7. The van der Waals surface area contributed by atoms with Crippen LogP contribution >= 0.6 is 24.8 Å². The van der Waals surface area contributed by atoms with Gasteiger partial charge in [-0.1, -0.05) is 49.6 Å². The van der Waals surface area contributed by atoms with E-state index in [-0.39, 0.29) is 24.8 Å². The van der Waals surface area contributed by atoms with Crippen LogP contribution in [0.3, 0.4) is 0 Å². The second-order valence-corrected chi connectivity index (χ2v) is 7.61. The lowest BCUT2D eigenvalue weighted by Crippen LogP contribution is -2.47. The zero-order chi connectivity index (χ0) is 17.6. The number of halogens is 2. The van der Waals surface area contributed by atoms with Crippen LogP contribution in [-0.4, -0.2) is 31.1 Å². The molecular weight excluding hydrogens is 391 g/mol. The van der Waals surface area contributed by atoms with Crippen molar-refractivity contribution < 1.29 is 4.74 Å². The molecule has 1 saturated heterocycles. The summed E-state index contributed by atoms with van der Waals surface area (Å²) >= 11 is 0.